The van der Waals surface area contributed by atoms with Crippen LogP contribution in [0.15, 0.2) is 0 Å². The second-order valence-electron chi connectivity index (χ2n) is 4.98. The molecule has 2 fully saturated rings. The minimum absolute atomic E-state index is 0.529. The van der Waals surface area contributed by atoms with Crippen molar-refractivity contribution >= 4 is 0 Å². The van der Waals surface area contributed by atoms with Gasteiger partial charge in [-0.1, -0.05) is 6.42 Å². The minimum Gasteiger partial charge on any atom is -0.380 e. The van der Waals surface area contributed by atoms with Crippen LogP contribution in [0, 0.1) is 17.2 Å². The Morgan fingerprint density at radius 3 is 2.94 bits per heavy atom. The van der Waals surface area contributed by atoms with E-state index in [0.717, 1.165) is 12.6 Å². The van der Waals surface area contributed by atoms with Crippen molar-refractivity contribution in [2.75, 3.05) is 26.3 Å². The highest BCUT2D eigenvalue weighted by Crippen LogP contribution is 2.30. The van der Waals surface area contributed by atoms with Crippen molar-refractivity contribution in [1.82, 2.24) is 4.90 Å². The summed E-state index contributed by atoms with van der Waals surface area (Å²) in [5.41, 5.74) is 0. The maximum atomic E-state index is 8.45. The van der Waals surface area contributed by atoms with Gasteiger partial charge in [0.05, 0.1) is 25.7 Å². The SMILES string of the molecule is N#CCCOCC1CCCN2CCCCC12. The first-order valence-corrected chi connectivity index (χ1v) is 6.60. The molecular formula is C13H22N2O. The Morgan fingerprint density at radius 1 is 1.19 bits per heavy atom. The van der Waals surface area contributed by atoms with Gasteiger partial charge in [0.1, 0.15) is 0 Å². The summed E-state index contributed by atoms with van der Waals surface area (Å²) in [5, 5.41) is 8.45. The van der Waals surface area contributed by atoms with E-state index >= 15 is 0 Å². The number of hydrogen-bond donors (Lipinski definition) is 0. The molecule has 2 rings (SSSR count). The van der Waals surface area contributed by atoms with E-state index < -0.39 is 0 Å². The van der Waals surface area contributed by atoms with Gasteiger partial charge in [-0.2, -0.15) is 5.26 Å². The monoisotopic (exact) mass is 222 g/mol. The van der Waals surface area contributed by atoms with Gasteiger partial charge in [0.2, 0.25) is 0 Å². The molecule has 2 aliphatic rings. The third-order valence-electron chi connectivity index (χ3n) is 3.92. The average molecular weight is 222 g/mol. The van der Waals surface area contributed by atoms with Crippen LogP contribution in [0.2, 0.25) is 0 Å². The van der Waals surface area contributed by atoms with Crippen molar-refractivity contribution in [2.24, 2.45) is 5.92 Å². The first kappa shape index (κ1) is 11.9. The lowest BCUT2D eigenvalue weighted by Crippen LogP contribution is -2.49. The van der Waals surface area contributed by atoms with Crippen LogP contribution in [-0.4, -0.2) is 37.2 Å². The minimum atomic E-state index is 0.529. The molecule has 0 aromatic heterocycles. The molecule has 0 bridgehead atoms. The smallest absolute Gasteiger partial charge is 0.0645 e. The van der Waals surface area contributed by atoms with Gasteiger partial charge in [0.25, 0.3) is 0 Å². The number of nitrogens with zero attached hydrogens (tertiary/aromatic N) is 2. The average Bonchev–Trinajstić information content (AvgIpc) is 2.35. The quantitative estimate of drug-likeness (QED) is 0.684. The molecule has 2 unspecified atom stereocenters. The van der Waals surface area contributed by atoms with Crippen molar-refractivity contribution in [3.63, 3.8) is 0 Å². The topological polar surface area (TPSA) is 36.3 Å². The van der Waals surface area contributed by atoms with E-state index in [2.05, 4.69) is 11.0 Å². The maximum absolute atomic E-state index is 8.45. The van der Waals surface area contributed by atoms with Gasteiger partial charge < -0.3 is 9.64 Å². The van der Waals surface area contributed by atoms with Gasteiger partial charge in [-0.05, 0) is 44.7 Å². The summed E-state index contributed by atoms with van der Waals surface area (Å²) in [5.74, 6) is 0.716. The molecule has 0 spiro atoms. The van der Waals surface area contributed by atoms with Gasteiger partial charge in [-0.3, -0.25) is 0 Å². The van der Waals surface area contributed by atoms with Crippen molar-refractivity contribution in [2.45, 2.75) is 44.6 Å². The molecule has 2 atom stereocenters. The van der Waals surface area contributed by atoms with E-state index in [0.29, 0.717) is 18.9 Å². The van der Waals surface area contributed by atoms with Crippen molar-refractivity contribution < 1.29 is 4.74 Å². The Morgan fingerprint density at radius 2 is 2.06 bits per heavy atom. The molecule has 2 aliphatic heterocycles. The second kappa shape index (κ2) is 6.22. The highest BCUT2D eigenvalue weighted by Gasteiger charge is 2.32. The van der Waals surface area contributed by atoms with E-state index in [1.54, 1.807) is 0 Å². The number of piperidine rings is 2. The molecule has 3 heteroatoms. The summed E-state index contributed by atoms with van der Waals surface area (Å²) in [4.78, 5) is 2.66. The highest BCUT2D eigenvalue weighted by atomic mass is 16.5. The number of ether oxygens (including phenoxy) is 1. The molecule has 0 N–H and O–H groups in total. The van der Waals surface area contributed by atoms with Gasteiger partial charge in [-0.25, -0.2) is 0 Å². The summed E-state index contributed by atoms with van der Waals surface area (Å²) in [6.07, 6.45) is 7.28. The maximum Gasteiger partial charge on any atom is 0.0645 e. The normalized spacial score (nSPS) is 30.7. The Hall–Kier alpha value is -0.590. The van der Waals surface area contributed by atoms with E-state index in [-0.39, 0.29) is 0 Å². The van der Waals surface area contributed by atoms with Crippen LogP contribution in [0.1, 0.15) is 38.5 Å². The Kier molecular flexibility index (Phi) is 4.62. The lowest BCUT2D eigenvalue weighted by molar-refractivity contribution is 0.00533. The molecule has 2 heterocycles. The zero-order chi connectivity index (χ0) is 11.2. The first-order valence-electron chi connectivity index (χ1n) is 6.60. The van der Waals surface area contributed by atoms with E-state index in [4.69, 9.17) is 10.00 Å². The number of rotatable bonds is 4. The molecule has 0 aromatic rings. The molecule has 90 valence electrons. The molecule has 0 saturated carbocycles. The third kappa shape index (κ3) is 2.96. The van der Waals surface area contributed by atoms with Crippen molar-refractivity contribution in [3.8, 4) is 6.07 Å². The fourth-order valence-electron chi connectivity index (χ4n) is 3.12. The van der Waals surface area contributed by atoms with Gasteiger partial charge in [-0.15, -0.1) is 0 Å². The highest BCUT2D eigenvalue weighted by molar-refractivity contribution is 4.87. The van der Waals surface area contributed by atoms with Crippen molar-refractivity contribution in [3.05, 3.63) is 0 Å². The first-order chi connectivity index (χ1) is 7.92. The van der Waals surface area contributed by atoms with Crippen LogP contribution in [0.25, 0.3) is 0 Å². The predicted molar refractivity (Wildman–Crippen MR) is 63.0 cm³/mol. The standard InChI is InChI=1S/C13H22N2O/c14-7-4-10-16-11-12-5-3-9-15-8-2-1-6-13(12)15/h12-13H,1-6,8-11H2. The predicted octanol–water partition coefficient (Wildman–Crippen LogP) is 2.18. The molecule has 0 aliphatic carbocycles. The summed E-state index contributed by atoms with van der Waals surface area (Å²) < 4.78 is 5.61. The van der Waals surface area contributed by atoms with Gasteiger partial charge in [0, 0.05) is 6.04 Å². The molecule has 2 saturated heterocycles. The zero-order valence-corrected chi connectivity index (χ0v) is 10.0. The Bertz CT molecular complexity index is 247. The van der Waals surface area contributed by atoms with Gasteiger partial charge >= 0.3 is 0 Å². The van der Waals surface area contributed by atoms with E-state index in [1.165, 1.54) is 45.2 Å². The molecular weight excluding hydrogens is 200 g/mol. The van der Waals surface area contributed by atoms with Crippen LogP contribution >= 0.6 is 0 Å². The molecule has 16 heavy (non-hydrogen) atoms. The van der Waals surface area contributed by atoms with Crippen molar-refractivity contribution in [1.29, 1.82) is 5.26 Å². The Labute approximate surface area is 98.4 Å². The summed E-state index contributed by atoms with van der Waals surface area (Å²) in [6.45, 7) is 4.06. The van der Waals surface area contributed by atoms with Crippen LogP contribution < -0.4 is 0 Å². The number of fused-ring (bicyclic) bond motifs is 1. The molecule has 0 amide bonds. The van der Waals surface area contributed by atoms with Crippen LogP contribution in [0.4, 0.5) is 0 Å². The number of nitriles is 1. The van der Waals surface area contributed by atoms with Gasteiger partial charge in [0.15, 0.2) is 0 Å². The summed E-state index contributed by atoms with van der Waals surface area (Å²) in [7, 11) is 0. The zero-order valence-electron chi connectivity index (χ0n) is 10.0. The van der Waals surface area contributed by atoms with E-state index in [1.807, 2.05) is 0 Å². The fraction of sp³-hybridized carbons (Fsp3) is 0.923. The van der Waals surface area contributed by atoms with Crippen LogP contribution in [0.5, 0.6) is 0 Å². The third-order valence-corrected chi connectivity index (χ3v) is 3.92. The summed E-state index contributed by atoms with van der Waals surface area (Å²) in [6, 6.07) is 2.89. The van der Waals surface area contributed by atoms with Crippen LogP contribution in [-0.2, 0) is 4.74 Å². The van der Waals surface area contributed by atoms with Crippen LogP contribution in [0.3, 0.4) is 0 Å². The second-order valence-corrected chi connectivity index (χ2v) is 4.98. The lowest BCUT2D eigenvalue weighted by Gasteiger charge is -2.44. The Balaban J connectivity index is 1.76. The fourth-order valence-corrected chi connectivity index (χ4v) is 3.12. The molecule has 0 radical (unpaired) electrons. The van der Waals surface area contributed by atoms with E-state index in [9.17, 15) is 0 Å². The largest absolute Gasteiger partial charge is 0.380 e. The molecule has 0 aromatic carbocycles. The summed E-state index contributed by atoms with van der Waals surface area (Å²) >= 11 is 0. The lowest BCUT2D eigenvalue weighted by atomic mass is 9.84. The number of hydrogen-bond acceptors (Lipinski definition) is 3. The molecule has 3 nitrogen and oxygen atoms in total.